The summed E-state index contributed by atoms with van der Waals surface area (Å²) in [5.74, 6) is -0.286. The lowest BCUT2D eigenvalue weighted by Crippen LogP contribution is -2.50. The van der Waals surface area contributed by atoms with Crippen molar-refractivity contribution in [3.05, 3.63) is 35.9 Å². The molecule has 3 amide bonds. The van der Waals surface area contributed by atoms with Gasteiger partial charge in [0.25, 0.3) is 0 Å². The van der Waals surface area contributed by atoms with Gasteiger partial charge in [-0.25, -0.2) is 4.79 Å². The number of hydrogen-bond acceptors (Lipinski definition) is 3. The van der Waals surface area contributed by atoms with Crippen molar-refractivity contribution >= 4 is 11.9 Å². The predicted molar refractivity (Wildman–Crippen MR) is 91.2 cm³/mol. The molecule has 0 bridgehead atoms. The number of benzene rings is 1. The summed E-state index contributed by atoms with van der Waals surface area (Å²) in [5, 5.41) is 8.46. The lowest BCUT2D eigenvalue weighted by molar-refractivity contribution is -0.121. The second-order valence-corrected chi connectivity index (χ2v) is 6.21. The zero-order chi connectivity index (χ0) is 16.5. The Morgan fingerprint density at radius 3 is 2.52 bits per heavy atom. The number of urea groups is 1. The quantitative estimate of drug-likeness (QED) is 0.754. The van der Waals surface area contributed by atoms with Crippen LogP contribution in [0.2, 0.25) is 0 Å². The SMILES string of the molecule is C[C@H](NCCc1ccccc1)C(=O)NC(=O)NC1CCCCC1. The number of carbonyl (C=O) groups is 2. The molecule has 1 saturated carbocycles. The summed E-state index contributed by atoms with van der Waals surface area (Å²) in [7, 11) is 0. The molecule has 5 nitrogen and oxygen atoms in total. The predicted octanol–water partition coefficient (Wildman–Crippen LogP) is 2.37. The van der Waals surface area contributed by atoms with E-state index >= 15 is 0 Å². The Balaban J connectivity index is 1.64. The first-order valence-corrected chi connectivity index (χ1v) is 8.54. The standard InChI is InChI=1S/C18H27N3O2/c1-14(19-13-12-15-8-4-2-5-9-15)17(22)21-18(23)20-16-10-6-3-7-11-16/h2,4-5,8-9,14,16,19H,3,6-7,10-13H2,1H3,(H2,20,21,22,23)/t14-/m0/s1. The second kappa shape index (κ2) is 9.30. The third-order valence-corrected chi connectivity index (χ3v) is 4.28. The van der Waals surface area contributed by atoms with E-state index in [1.54, 1.807) is 6.92 Å². The van der Waals surface area contributed by atoms with Crippen molar-refractivity contribution in [3.63, 3.8) is 0 Å². The van der Waals surface area contributed by atoms with E-state index in [4.69, 9.17) is 0 Å². The molecule has 1 aliphatic rings. The first-order chi connectivity index (χ1) is 11.1. The van der Waals surface area contributed by atoms with Crippen LogP contribution in [0, 0.1) is 0 Å². The first kappa shape index (κ1) is 17.5. The molecular formula is C18H27N3O2. The molecule has 0 spiro atoms. The molecule has 23 heavy (non-hydrogen) atoms. The highest BCUT2D eigenvalue weighted by Crippen LogP contribution is 2.17. The van der Waals surface area contributed by atoms with Gasteiger partial charge in [-0.15, -0.1) is 0 Å². The maximum absolute atomic E-state index is 12.0. The molecule has 1 atom stereocenters. The molecule has 1 aliphatic carbocycles. The number of carbonyl (C=O) groups excluding carboxylic acids is 2. The van der Waals surface area contributed by atoms with Crippen molar-refractivity contribution in [1.29, 1.82) is 0 Å². The topological polar surface area (TPSA) is 70.2 Å². The Bertz CT molecular complexity index is 498. The smallest absolute Gasteiger partial charge is 0.321 e. The fourth-order valence-corrected chi connectivity index (χ4v) is 2.86. The average Bonchev–Trinajstić information content (AvgIpc) is 2.56. The molecule has 0 saturated heterocycles. The number of amides is 3. The maximum Gasteiger partial charge on any atom is 0.321 e. The third-order valence-electron chi connectivity index (χ3n) is 4.28. The van der Waals surface area contributed by atoms with Gasteiger partial charge >= 0.3 is 6.03 Å². The summed E-state index contributed by atoms with van der Waals surface area (Å²) >= 11 is 0. The highest BCUT2D eigenvalue weighted by molar-refractivity contribution is 5.96. The van der Waals surface area contributed by atoms with Gasteiger partial charge in [-0.1, -0.05) is 49.6 Å². The van der Waals surface area contributed by atoms with Crippen LogP contribution in [0.1, 0.15) is 44.6 Å². The van der Waals surface area contributed by atoms with E-state index in [1.807, 2.05) is 18.2 Å². The van der Waals surface area contributed by atoms with Gasteiger partial charge in [-0.2, -0.15) is 0 Å². The van der Waals surface area contributed by atoms with Crippen LogP contribution in [0.4, 0.5) is 4.79 Å². The summed E-state index contributed by atoms with van der Waals surface area (Å²) < 4.78 is 0. The molecule has 5 heteroatoms. The van der Waals surface area contributed by atoms with Crippen LogP contribution in [0.25, 0.3) is 0 Å². The summed E-state index contributed by atoms with van der Waals surface area (Å²) in [6.07, 6.45) is 6.40. The van der Waals surface area contributed by atoms with Gasteiger partial charge in [0, 0.05) is 6.04 Å². The molecular weight excluding hydrogens is 290 g/mol. The van der Waals surface area contributed by atoms with Crippen LogP contribution in [-0.4, -0.2) is 30.6 Å². The van der Waals surface area contributed by atoms with Gasteiger partial charge in [0.15, 0.2) is 0 Å². The van der Waals surface area contributed by atoms with Crippen molar-refractivity contribution < 1.29 is 9.59 Å². The van der Waals surface area contributed by atoms with Gasteiger partial charge in [0.05, 0.1) is 6.04 Å². The van der Waals surface area contributed by atoms with Crippen LogP contribution < -0.4 is 16.0 Å². The molecule has 3 N–H and O–H groups in total. The maximum atomic E-state index is 12.0. The molecule has 0 unspecified atom stereocenters. The summed E-state index contributed by atoms with van der Waals surface area (Å²) in [4.78, 5) is 23.9. The molecule has 1 fully saturated rings. The van der Waals surface area contributed by atoms with Crippen LogP contribution in [0.3, 0.4) is 0 Å². The van der Waals surface area contributed by atoms with Crippen molar-refractivity contribution in [3.8, 4) is 0 Å². The highest BCUT2D eigenvalue weighted by atomic mass is 16.2. The Morgan fingerprint density at radius 1 is 1.13 bits per heavy atom. The highest BCUT2D eigenvalue weighted by Gasteiger charge is 2.19. The van der Waals surface area contributed by atoms with Crippen LogP contribution >= 0.6 is 0 Å². The van der Waals surface area contributed by atoms with E-state index in [0.717, 1.165) is 32.1 Å². The number of rotatable bonds is 6. The van der Waals surface area contributed by atoms with Crippen LogP contribution in [-0.2, 0) is 11.2 Å². The molecule has 0 aromatic heterocycles. The van der Waals surface area contributed by atoms with Crippen molar-refractivity contribution in [2.24, 2.45) is 0 Å². The minimum atomic E-state index is -0.393. The first-order valence-electron chi connectivity index (χ1n) is 8.54. The fourth-order valence-electron chi connectivity index (χ4n) is 2.86. The van der Waals surface area contributed by atoms with Crippen molar-refractivity contribution in [1.82, 2.24) is 16.0 Å². The number of imide groups is 1. The number of nitrogens with one attached hydrogen (secondary N) is 3. The zero-order valence-electron chi connectivity index (χ0n) is 13.8. The summed E-state index contributed by atoms with van der Waals surface area (Å²) in [6, 6.07) is 9.54. The Hall–Kier alpha value is -1.88. The minimum Gasteiger partial charge on any atom is -0.335 e. The van der Waals surface area contributed by atoms with Gasteiger partial charge in [-0.3, -0.25) is 10.1 Å². The lowest BCUT2D eigenvalue weighted by Gasteiger charge is -2.23. The van der Waals surface area contributed by atoms with E-state index in [-0.39, 0.29) is 18.0 Å². The summed E-state index contributed by atoms with van der Waals surface area (Å²) in [6.45, 7) is 2.47. The van der Waals surface area contributed by atoms with Crippen LogP contribution in [0.15, 0.2) is 30.3 Å². The largest absolute Gasteiger partial charge is 0.335 e. The van der Waals surface area contributed by atoms with Crippen molar-refractivity contribution in [2.45, 2.75) is 57.5 Å². The molecule has 0 heterocycles. The molecule has 2 rings (SSSR count). The molecule has 0 radical (unpaired) electrons. The molecule has 126 valence electrons. The van der Waals surface area contributed by atoms with Gasteiger partial charge in [-0.05, 0) is 38.3 Å². The Morgan fingerprint density at radius 2 is 1.83 bits per heavy atom. The summed E-state index contributed by atoms with van der Waals surface area (Å²) in [5.41, 5.74) is 1.22. The van der Waals surface area contributed by atoms with E-state index < -0.39 is 6.04 Å². The van der Waals surface area contributed by atoms with Gasteiger partial charge < -0.3 is 10.6 Å². The van der Waals surface area contributed by atoms with E-state index in [0.29, 0.717) is 6.54 Å². The number of hydrogen-bond donors (Lipinski definition) is 3. The van der Waals surface area contributed by atoms with E-state index in [9.17, 15) is 9.59 Å². The van der Waals surface area contributed by atoms with Crippen molar-refractivity contribution in [2.75, 3.05) is 6.54 Å². The van der Waals surface area contributed by atoms with Gasteiger partial charge in [0.1, 0.15) is 0 Å². The monoisotopic (exact) mass is 317 g/mol. The zero-order valence-corrected chi connectivity index (χ0v) is 13.8. The van der Waals surface area contributed by atoms with Crippen LogP contribution in [0.5, 0.6) is 0 Å². The van der Waals surface area contributed by atoms with E-state index in [2.05, 4.69) is 28.1 Å². The second-order valence-electron chi connectivity index (χ2n) is 6.21. The normalized spacial score (nSPS) is 16.6. The van der Waals surface area contributed by atoms with E-state index in [1.165, 1.54) is 12.0 Å². The third kappa shape index (κ3) is 6.40. The molecule has 0 aliphatic heterocycles. The fraction of sp³-hybridized carbons (Fsp3) is 0.556. The Kier molecular flexibility index (Phi) is 7.07. The Labute approximate surface area is 138 Å². The molecule has 1 aromatic rings. The van der Waals surface area contributed by atoms with Gasteiger partial charge in [0.2, 0.25) is 5.91 Å². The molecule has 1 aromatic carbocycles. The minimum absolute atomic E-state index is 0.206. The lowest BCUT2D eigenvalue weighted by atomic mass is 9.96. The average molecular weight is 317 g/mol.